The third-order valence-corrected chi connectivity index (χ3v) is 6.43. The van der Waals surface area contributed by atoms with Crippen LogP contribution in [-0.4, -0.2) is 34.2 Å². The summed E-state index contributed by atoms with van der Waals surface area (Å²) in [6, 6.07) is 6.74. The third-order valence-electron chi connectivity index (χ3n) is 6.43. The predicted octanol–water partition coefficient (Wildman–Crippen LogP) is 3.40. The number of phenols is 1. The summed E-state index contributed by atoms with van der Waals surface area (Å²) < 4.78 is 22.4. The Balaban J connectivity index is 1.76. The Labute approximate surface area is 172 Å². The van der Waals surface area contributed by atoms with Gasteiger partial charge in [0.25, 0.3) is 5.91 Å². The van der Waals surface area contributed by atoms with Crippen molar-refractivity contribution in [2.75, 3.05) is 19.4 Å². The second-order valence-corrected chi connectivity index (χ2v) is 8.24. The number of nitrogens with one attached hydrogen (secondary N) is 1. The fraction of sp³-hybridized carbons (Fsp3) is 0.364. The van der Waals surface area contributed by atoms with Crippen LogP contribution in [0, 0.1) is 11.7 Å². The lowest BCUT2D eigenvalue weighted by Crippen LogP contribution is -2.59. The average Bonchev–Trinajstić information content (AvgIpc) is 3.03. The number of ether oxygens (including phenoxy) is 1. The van der Waals surface area contributed by atoms with Gasteiger partial charge in [-0.05, 0) is 56.4 Å². The molecule has 0 radical (unpaired) electrons. The Kier molecular flexibility index (Phi) is 3.96. The van der Waals surface area contributed by atoms with Crippen molar-refractivity contribution in [1.82, 2.24) is 14.9 Å². The van der Waals surface area contributed by atoms with Crippen LogP contribution >= 0.6 is 0 Å². The first-order valence-corrected chi connectivity index (χ1v) is 10.0. The normalized spacial score (nSPS) is 21.8. The highest BCUT2D eigenvalue weighted by molar-refractivity contribution is 5.98. The number of rotatable bonds is 5. The van der Waals surface area contributed by atoms with E-state index in [4.69, 9.17) is 15.5 Å². The highest BCUT2D eigenvalue weighted by atomic mass is 19.1. The van der Waals surface area contributed by atoms with Gasteiger partial charge in [0.1, 0.15) is 11.5 Å². The quantitative estimate of drug-likeness (QED) is 0.442. The van der Waals surface area contributed by atoms with Gasteiger partial charge in [0, 0.05) is 17.6 Å². The van der Waals surface area contributed by atoms with Crippen molar-refractivity contribution < 1.29 is 19.0 Å². The van der Waals surface area contributed by atoms with E-state index < -0.39 is 11.6 Å². The number of nitrogen functional groups attached to an aromatic ring is 1. The van der Waals surface area contributed by atoms with Gasteiger partial charge in [-0.1, -0.05) is 0 Å². The molecule has 2 bridgehead atoms. The molecule has 0 aliphatic heterocycles. The molecule has 1 amide bonds. The third kappa shape index (κ3) is 2.42. The summed E-state index contributed by atoms with van der Waals surface area (Å²) >= 11 is 0. The fourth-order valence-electron chi connectivity index (χ4n) is 4.81. The van der Waals surface area contributed by atoms with E-state index in [-0.39, 0.29) is 28.4 Å². The number of anilines is 1. The zero-order valence-electron chi connectivity index (χ0n) is 16.8. The predicted molar refractivity (Wildman–Crippen MR) is 111 cm³/mol. The van der Waals surface area contributed by atoms with Gasteiger partial charge < -0.3 is 25.5 Å². The number of nitrogens with zero attached hydrogens (tertiary/aromatic N) is 2. The average molecular weight is 410 g/mol. The molecule has 1 aromatic heterocycles. The van der Waals surface area contributed by atoms with Crippen molar-refractivity contribution in [2.24, 2.45) is 5.92 Å². The molecule has 3 aliphatic rings. The maximum absolute atomic E-state index is 15.1. The van der Waals surface area contributed by atoms with Crippen molar-refractivity contribution in [2.45, 2.75) is 31.7 Å². The number of carbonyl (C=O) groups is 1. The van der Waals surface area contributed by atoms with Crippen LogP contribution < -0.4 is 15.8 Å². The van der Waals surface area contributed by atoms with Crippen LogP contribution in [0.2, 0.25) is 0 Å². The Morgan fingerprint density at radius 1 is 1.40 bits per heavy atom. The van der Waals surface area contributed by atoms with E-state index in [0.717, 1.165) is 24.8 Å². The molecule has 7 nitrogen and oxygen atoms in total. The van der Waals surface area contributed by atoms with E-state index in [1.807, 2.05) is 13.0 Å². The molecule has 6 rings (SSSR count). The summed E-state index contributed by atoms with van der Waals surface area (Å²) in [6.45, 7) is 2.40. The molecule has 0 saturated heterocycles. The van der Waals surface area contributed by atoms with Crippen LogP contribution in [0.1, 0.15) is 36.5 Å². The molecule has 1 heterocycles. The molecular formula is C22H23FN4O3. The number of amides is 1. The molecule has 3 aromatic rings. The molecule has 3 aliphatic carbocycles. The molecule has 3 fully saturated rings. The Bertz CT molecular complexity index is 1190. The van der Waals surface area contributed by atoms with E-state index >= 15 is 4.39 Å². The number of aromatic nitrogens is 2. The molecule has 8 heteroatoms. The lowest BCUT2D eigenvalue weighted by Gasteiger charge is -2.62. The molecule has 2 aromatic carbocycles. The molecule has 30 heavy (non-hydrogen) atoms. The van der Waals surface area contributed by atoms with Gasteiger partial charge in [-0.2, -0.15) is 0 Å². The second-order valence-electron chi connectivity index (χ2n) is 8.24. The molecule has 3 saturated carbocycles. The monoisotopic (exact) mass is 410 g/mol. The first-order valence-electron chi connectivity index (χ1n) is 10.0. The van der Waals surface area contributed by atoms with Crippen molar-refractivity contribution in [3.63, 3.8) is 0 Å². The lowest BCUT2D eigenvalue weighted by atomic mass is 9.49. The van der Waals surface area contributed by atoms with Crippen molar-refractivity contribution >= 4 is 22.6 Å². The van der Waals surface area contributed by atoms with E-state index in [2.05, 4.69) is 9.88 Å². The van der Waals surface area contributed by atoms with E-state index in [1.54, 1.807) is 12.1 Å². The van der Waals surface area contributed by atoms with Gasteiger partial charge >= 0.3 is 0 Å². The highest BCUT2D eigenvalue weighted by Crippen LogP contribution is 2.64. The van der Waals surface area contributed by atoms with Crippen molar-refractivity contribution in [3.05, 3.63) is 35.6 Å². The maximum atomic E-state index is 15.1. The SMILES string of the molecule is CCNC(=O)c1ccc2nc(-c3cc(OC)c(O)c(N)c3F)n(C34CC(C3)C4)c2c1. The van der Waals surface area contributed by atoms with E-state index in [0.29, 0.717) is 29.4 Å². The number of methoxy groups -OCH3 is 1. The molecule has 0 unspecified atom stereocenters. The van der Waals surface area contributed by atoms with Gasteiger partial charge in [0.05, 0.1) is 23.7 Å². The topological polar surface area (TPSA) is 102 Å². The number of aromatic hydroxyl groups is 1. The smallest absolute Gasteiger partial charge is 0.251 e. The van der Waals surface area contributed by atoms with Gasteiger partial charge in [0.15, 0.2) is 17.3 Å². The minimum Gasteiger partial charge on any atom is -0.503 e. The minimum atomic E-state index is -0.736. The maximum Gasteiger partial charge on any atom is 0.251 e. The minimum absolute atomic E-state index is 0.0862. The number of imidazole rings is 1. The summed E-state index contributed by atoms with van der Waals surface area (Å²) in [5.74, 6) is -0.119. The van der Waals surface area contributed by atoms with Gasteiger partial charge in [-0.15, -0.1) is 0 Å². The van der Waals surface area contributed by atoms with Crippen LogP contribution in [0.3, 0.4) is 0 Å². The first kappa shape index (κ1) is 18.7. The van der Waals surface area contributed by atoms with Crippen molar-refractivity contribution in [3.8, 4) is 22.9 Å². The molecule has 0 atom stereocenters. The Morgan fingerprint density at radius 3 is 2.73 bits per heavy atom. The van der Waals surface area contributed by atoms with Gasteiger partial charge in [0.2, 0.25) is 0 Å². The summed E-state index contributed by atoms with van der Waals surface area (Å²) in [6.07, 6.45) is 3.01. The number of phenolic OH excluding ortho intramolecular Hbond substituents is 1. The van der Waals surface area contributed by atoms with E-state index in [9.17, 15) is 9.90 Å². The molecule has 4 N–H and O–H groups in total. The van der Waals surface area contributed by atoms with Gasteiger partial charge in [-0.3, -0.25) is 4.79 Å². The van der Waals surface area contributed by atoms with E-state index in [1.165, 1.54) is 13.2 Å². The summed E-state index contributed by atoms with van der Waals surface area (Å²) in [4.78, 5) is 17.1. The largest absolute Gasteiger partial charge is 0.503 e. The summed E-state index contributed by atoms with van der Waals surface area (Å²) in [7, 11) is 1.39. The Hall–Kier alpha value is -3.29. The zero-order valence-corrected chi connectivity index (χ0v) is 16.8. The number of hydrogen-bond acceptors (Lipinski definition) is 5. The first-order chi connectivity index (χ1) is 14.4. The molecule has 0 spiro atoms. The van der Waals surface area contributed by atoms with Crippen LogP contribution in [0.15, 0.2) is 24.3 Å². The number of hydrogen-bond donors (Lipinski definition) is 3. The molecular weight excluding hydrogens is 387 g/mol. The second kappa shape index (κ2) is 6.35. The Morgan fingerprint density at radius 2 is 2.13 bits per heavy atom. The number of nitrogens with two attached hydrogens (primary N) is 1. The number of carbonyl (C=O) groups excluding carboxylic acids is 1. The van der Waals surface area contributed by atoms with Crippen LogP contribution in [0.5, 0.6) is 11.5 Å². The van der Waals surface area contributed by atoms with Crippen molar-refractivity contribution in [1.29, 1.82) is 0 Å². The standard InChI is InChI=1S/C22H23FN4O3/c1-3-25-21(29)12-4-5-14-15(6-12)27(22-8-11(9-22)10-22)20(26-14)13-7-16(30-2)19(28)18(24)17(13)23/h4-7,11,28H,3,8-10,24H2,1-2H3,(H,25,29). The number of fused-ring (bicyclic) bond motifs is 1. The van der Waals surface area contributed by atoms with Crippen LogP contribution in [-0.2, 0) is 5.54 Å². The fourth-order valence-corrected chi connectivity index (χ4v) is 4.81. The van der Waals surface area contributed by atoms with Crippen LogP contribution in [0.4, 0.5) is 10.1 Å². The van der Waals surface area contributed by atoms with Crippen LogP contribution in [0.25, 0.3) is 22.4 Å². The lowest BCUT2D eigenvalue weighted by molar-refractivity contribution is -0.0846. The number of halogens is 1. The summed E-state index contributed by atoms with van der Waals surface area (Å²) in [5.41, 5.74) is 7.48. The van der Waals surface area contributed by atoms with Gasteiger partial charge in [-0.25, -0.2) is 9.37 Å². The highest BCUT2D eigenvalue weighted by Gasteiger charge is 2.59. The number of benzene rings is 2. The molecule has 156 valence electrons. The zero-order chi connectivity index (χ0) is 21.2. The summed E-state index contributed by atoms with van der Waals surface area (Å²) in [5, 5.41) is 12.9.